The summed E-state index contributed by atoms with van der Waals surface area (Å²) in [6.45, 7) is 8.73. The van der Waals surface area contributed by atoms with Crippen LogP contribution in [0.15, 0.2) is 0 Å². The molecule has 2 saturated heterocycles. The topological polar surface area (TPSA) is 18.5 Å². The van der Waals surface area contributed by atoms with Crippen molar-refractivity contribution in [2.75, 3.05) is 32.7 Å². The molecule has 92 valence electrons. The van der Waals surface area contributed by atoms with Gasteiger partial charge in [0.25, 0.3) is 0 Å². The molecule has 16 heavy (non-hydrogen) atoms. The molecule has 0 aromatic carbocycles. The summed E-state index contributed by atoms with van der Waals surface area (Å²) < 4.78 is 0. The first-order valence-corrected chi connectivity index (χ1v) is 7.05. The fourth-order valence-electron chi connectivity index (χ4n) is 3.44. The minimum atomic E-state index is 0.828. The van der Waals surface area contributed by atoms with E-state index in [2.05, 4.69) is 22.0 Å². The summed E-state index contributed by atoms with van der Waals surface area (Å²) >= 11 is 0. The van der Waals surface area contributed by atoms with Gasteiger partial charge in [0.1, 0.15) is 0 Å². The summed E-state index contributed by atoms with van der Waals surface area (Å²) in [5, 5.41) is 3.50. The van der Waals surface area contributed by atoms with Gasteiger partial charge in [0, 0.05) is 37.8 Å². The Labute approximate surface area is 99.2 Å². The lowest BCUT2D eigenvalue weighted by Crippen LogP contribution is -2.40. The Morgan fingerprint density at radius 2 is 1.94 bits per heavy atom. The lowest BCUT2D eigenvalue weighted by atomic mass is 10.1. The first kappa shape index (κ1) is 11.0. The molecule has 0 radical (unpaired) electrons. The van der Waals surface area contributed by atoms with Crippen molar-refractivity contribution in [3.8, 4) is 0 Å². The van der Waals surface area contributed by atoms with Crippen LogP contribution in [0.3, 0.4) is 0 Å². The summed E-state index contributed by atoms with van der Waals surface area (Å²) in [7, 11) is 0. The second-order valence-corrected chi connectivity index (χ2v) is 5.81. The van der Waals surface area contributed by atoms with Crippen molar-refractivity contribution in [2.45, 2.75) is 50.7 Å². The van der Waals surface area contributed by atoms with Crippen LogP contribution in [0.1, 0.15) is 32.6 Å². The molecule has 0 spiro atoms. The first-order chi connectivity index (χ1) is 7.84. The molecule has 2 atom stereocenters. The molecule has 1 aliphatic carbocycles. The first-order valence-electron chi connectivity index (χ1n) is 7.05. The summed E-state index contributed by atoms with van der Waals surface area (Å²) in [4.78, 5) is 5.50. The van der Waals surface area contributed by atoms with E-state index in [1.165, 1.54) is 58.4 Å². The van der Waals surface area contributed by atoms with Gasteiger partial charge in [0.05, 0.1) is 0 Å². The van der Waals surface area contributed by atoms with Crippen molar-refractivity contribution >= 4 is 0 Å². The van der Waals surface area contributed by atoms with Gasteiger partial charge in [-0.05, 0) is 45.7 Å². The Bertz CT molecular complexity index is 231. The Kier molecular flexibility index (Phi) is 3.18. The van der Waals surface area contributed by atoms with Crippen molar-refractivity contribution in [1.29, 1.82) is 0 Å². The van der Waals surface area contributed by atoms with Crippen molar-refractivity contribution in [1.82, 2.24) is 15.1 Å². The average molecular weight is 223 g/mol. The minimum absolute atomic E-state index is 0.828. The number of hydrogen-bond acceptors (Lipinski definition) is 3. The van der Waals surface area contributed by atoms with Gasteiger partial charge in [-0.25, -0.2) is 0 Å². The SMILES string of the molecule is CC1CC(N2CCCNCC2)CN1C1CC1. The molecule has 1 saturated carbocycles. The maximum atomic E-state index is 3.50. The zero-order chi connectivity index (χ0) is 11.0. The number of likely N-dealkylation sites (tertiary alicyclic amines) is 1. The third kappa shape index (κ3) is 2.27. The molecule has 3 rings (SSSR count). The van der Waals surface area contributed by atoms with Crippen LogP contribution in [-0.4, -0.2) is 60.6 Å². The van der Waals surface area contributed by atoms with E-state index in [1.54, 1.807) is 0 Å². The van der Waals surface area contributed by atoms with Gasteiger partial charge in [0.2, 0.25) is 0 Å². The fraction of sp³-hybridized carbons (Fsp3) is 1.00. The van der Waals surface area contributed by atoms with Gasteiger partial charge in [-0.2, -0.15) is 0 Å². The summed E-state index contributed by atoms with van der Waals surface area (Å²) in [6, 6.07) is 2.62. The highest BCUT2D eigenvalue weighted by atomic mass is 15.3. The standard InChI is InChI=1S/C13H25N3/c1-11-9-13(10-16(11)12-3-4-12)15-7-2-5-14-6-8-15/h11-14H,2-10H2,1H3. The van der Waals surface area contributed by atoms with Gasteiger partial charge in [-0.3, -0.25) is 9.80 Å². The van der Waals surface area contributed by atoms with E-state index in [-0.39, 0.29) is 0 Å². The Balaban J connectivity index is 1.58. The molecule has 3 aliphatic rings. The Morgan fingerprint density at radius 3 is 2.75 bits per heavy atom. The number of rotatable bonds is 2. The smallest absolute Gasteiger partial charge is 0.0238 e. The van der Waals surface area contributed by atoms with E-state index in [0.29, 0.717) is 0 Å². The maximum Gasteiger partial charge on any atom is 0.0238 e. The predicted octanol–water partition coefficient (Wildman–Crippen LogP) is 0.907. The van der Waals surface area contributed by atoms with Crippen LogP contribution in [0.2, 0.25) is 0 Å². The number of nitrogens with zero attached hydrogens (tertiary/aromatic N) is 2. The molecule has 0 aromatic heterocycles. The molecule has 3 fully saturated rings. The monoisotopic (exact) mass is 223 g/mol. The van der Waals surface area contributed by atoms with Crippen LogP contribution < -0.4 is 5.32 Å². The van der Waals surface area contributed by atoms with Gasteiger partial charge < -0.3 is 5.32 Å². The fourth-order valence-corrected chi connectivity index (χ4v) is 3.44. The van der Waals surface area contributed by atoms with E-state index in [9.17, 15) is 0 Å². The molecular weight excluding hydrogens is 198 g/mol. The van der Waals surface area contributed by atoms with Crippen LogP contribution in [0.4, 0.5) is 0 Å². The van der Waals surface area contributed by atoms with Crippen molar-refractivity contribution in [3.63, 3.8) is 0 Å². The summed E-state index contributed by atoms with van der Waals surface area (Å²) in [6.07, 6.45) is 5.64. The zero-order valence-corrected chi connectivity index (χ0v) is 10.5. The molecule has 2 aliphatic heterocycles. The van der Waals surface area contributed by atoms with Gasteiger partial charge >= 0.3 is 0 Å². The van der Waals surface area contributed by atoms with E-state index < -0.39 is 0 Å². The molecule has 0 aromatic rings. The van der Waals surface area contributed by atoms with Crippen LogP contribution in [0, 0.1) is 0 Å². The molecule has 0 bridgehead atoms. The quantitative estimate of drug-likeness (QED) is 0.750. The van der Waals surface area contributed by atoms with Gasteiger partial charge in [-0.15, -0.1) is 0 Å². The second kappa shape index (κ2) is 4.63. The highest BCUT2D eigenvalue weighted by molar-refractivity contribution is 4.97. The van der Waals surface area contributed by atoms with E-state index in [1.807, 2.05) is 0 Å². The highest BCUT2D eigenvalue weighted by Gasteiger charge is 2.40. The van der Waals surface area contributed by atoms with Crippen molar-refractivity contribution < 1.29 is 0 Å². The molecule has 0 amide bonds. The van der Waals surface area contributed by atoms with E-state index in [4.69, 9.17) is 0 Å². The van der Waals surface area contributed by atoms with Crippen LogP contribution in [-0.2, 0) is 0 Å². The average Bonchev–Trinajstić information content (AvgIpc) is 3.08. The third-order valence-electron chi connectivity index (χ3n) is 4.51. The summed E-state index contributed by atoms with van der Waals surface area (Å²) in [5.41, 5.74) is 0. The lowest BCUT2D eigenvalue weighted by molar-refractivity contribution is 0.198. The van der Waals surface area contributed by atoms with E-state index in [0.717, 1.165) is 18.1 Å². The van der Waals surface area contributed by atoms with Crippen LogP contribution in [0.25, 0.3) is 0 Å². The van der Waals surface area contributed by atoms with Crippen LogP contribution >= 0.6 is 0 Å². The van der Waals surface area contributed by atoms with E-state index >= 15 is 0 Å². The normalized spacial score (nSPS) is 38.8. The van der Waals surface area contributed by atoms with Crippen molar-refractivity contribution in [2.24, 2.45) is 0 Å². The predicted molar refractivity (Wildman–Crippen MR) is 66.7 cm³/mol. The van der Waals surface area contributed by atoms with Crippen molar-refractivity contribution in [3.05, 3.63) is 0 Å². The Hall–Kier alpha value is -0.120. The molecular formula is C13H25N3. The lowest BCUT2D eigenvalue weighted by Gasteiger charge is -2.27. The van der Waals surface area contributed by atoms with Gasteiger partial charge in [-0.1, -0.05) is 0 Å². The zero-order valence-electron chi connectivity index (χ0n) is 10.5. The number of hydrogen-bond donors (Lipinski definition) is 1. The molecule has 2 heterocycles. The summed E-state index contributed by atoms with van der Waals surface area (Å²) in [5.74, 6) is 0. The number of nitrogens with one attached hydrogen (secondary N) is 1. The highest BCUT2D eigenvalue weighted by Crippen LogP contribution is 2.34. The third-order valence-corrected chi connectivity index (χ3v) is 4.51. The minimum Gasteiger partial charge on any atom is -0.315 e. The molecule has 3 nitrogen and oxygen atoms in total. The molecule has 3 heteroatoms. The van der Waals surface area contributed by atoms with Crippen LogP contribution in [0.5, 0.6) is 0 Å². The Morgan fingerprint density at radius 1 is 1.06 bits per heavy atom. The maximum absolute atomic E-state index is 3.50. The van der Waals surface area contributed by atoms with Gasteiger partial charge in [0.15, 0.2) is 0 Å². The molecule has 2 unspecified atom stereocenters. The largest absolute Gasteiger partial charge is 0.315 e. The molecule has 1 N–H and O–H groups in total. The second-order valence-electron chi connectivity index (χ2n) is 5.81.